The Morgan fingerprint density at radius 3 is 2.76 bits per heavy atom. The molecule has 2 heterocycles. The van der Waals surface area contributed by atoms with Crippen molar-refractivity contribution in [2.75, 3.05) is 6.61 Å². The lowest BCUT2D eigenvalue weighted by atomic mass is 10.0. The number of nitrogens with zero attached hydrogens (tertiary/aromatic N) is 1. The zero-order valence-corrected chi connectivity index (χ0v) is 12.0. The highest BCUT2D eigenvalue weighted by Crippen LogP contribution is 2.33. The van der Waals surface area contributed by atoms with Crippen molar-refractivity contribution in [1.82, 2.24) is 4.90 Å². The summed E-state index contributed by atoms with van der Waals surface area (Å²) >= 11 is 0. The van der Waals surface area contributed by atoms with Gasteiger partial charge in [-0.2, -0.15) is 0 Å². The number of carbonyl (C=O) groups excluding carboxylic acids is 2. The molecule has 1 aromatic rings. The molecule has 5 heteroatoms. The zero-order chi connectivity index (χ0) is 15.0. The van der Waals surface area contributed by atoms with Crippen LogP contribution in [0.25, 0.3) is 0 Å². The second-order valence-corrected chi connectivity index (χ2v) is 5.63. The lowest BCUT2D eigenvalue weighted by Crippen LogP contribution is -2.54. The predicted octanol–water partition coefficient (Wildman–Crippen LogP) is 1.75. The molecular weight excluding hydrogens is 270 g/mol. The molecule has 1 amide bonds. The molecule has 0 bridgehead atoms. The summed E-state index contributed by atoms with van der Waals surface area (Å²) in [5.41, 5.74) is -0.184. The Hall–Kier alpha value is -2.14. The van der Waals surface area contributed by atoms with E-state index in [1.165, 1.54) is 6.08 Å². The first-order chi connectivity index (χ1) is 9.99. The molecule has 21 heavy (non-hydrogen) atoms. The lowest BCUT2D eigenvalue weighted by Gasteiger charge is -2.37. The summed E-state index contributed by atoms with van der Waals surface area (Å²) in [6.07, 6.45) is 2.59. The van der Waals surface area contributed by atoms with Crippen LogP contribution < -0.4 is 0 Å². The van der Waals surface area contributed by atoms with Crippen molar-refractivity contribution in [3.8, 4) is 0 Å². The highest BCUT2D eigenvalue weighted by Gasteiger charge is 2.48. The van der Waals surface area contributed by atoms with Gasteiger partial charge in [-0.05, 0) is 32.1 Å². The molecule has 1 saturated heterocycles. The number of hydrogen-bond donors (Lipinski definition) is 0. The van der Waals surface area contributed by atoms with E-state index in [4.69, 9.17) is 9.47 Å². The Bertz CT molecular complexity index is 594. The van der Waals surface area contributed by atoms with Crippen LogP contribution in [-0.4, -0.2) is 41.3 Å². The number of ether oxygens (including phenoxy) is 2. The van der Waals surface area contributed by atoms with Gasteiger partial charge in [-0.1, -0.05) is 18.2 Å². The molecule has 0 aromatic heterocycles. The molecule has 5 nitrogen and oxygen atoms in total. The minimum Gasteiger partial charge on any atom is -0.452 e. The van der Waals surface area contributed by atoms with Gasteiger partial charge >= 0.3 is 5.97 Å². The molecule has 0 saturated carbocycles. The van der Waals surface area contributed by atoms with E-state index in [2.05, 4.69) is 0 Å². The molecule has 2 aliphatic heterocycles. The second kappa shape index (κ2) is 5.00. The number of hydrogen-bond acceptors (Lipinski definition) is 4. The number of benzene rings is 1. The highest BCUT2D eigenvalue weighted by molar-refractivity contribution is 5.91. The summed E-state index contributed by atoms with van der Waals surface area (Å²) in [6, 6.07) is 8.53. The molecule has 0 radical (unpaired) electrons. The second-order valence-electron chi connectivity index (χ2n) is 5.63. The van der Waals surface area contributed by atoms with Gasteiger partial charge in [0.05, 0.1) is 18.2 Å². The van der Waals surface area contributed by atoms with E-state index >= 15 is 0 Å². The maximum absolute atomic E-state index is 12.1. The van der Waals surface area contributed by atoms with Crippen LogP contribution in [0.2, 0.25) is 0 Å². The van der Waals surface area contributed by atoms with Gasteiger partial charge in [0.25, 0.3) is 0 Å². The molecule has 1 aromatic carbocycles. The van der Waals surface area contributed by atoms with E-state index in [1.54, 1.807) is 35.2 Å². The van der Waals surface area contributed by atoms with Crippen molar-refractivity contribution in [3.05, 3.63) is 48.0 Å². The fourth-order valence-electron chi connectivity index (χ4n) is 2.77. The molecule has 1 fully saturated rings. The number of amides is 1. The smallest absolute Gasteiger partial charge is 0.338 e. The summed E-state index contributed by atoms with van der Waals surface area (Å²) in [7, 11) is 0. The van der Waals surface area contributed by atoms with E-state index in [-0.39, 0.29) is 11.9 Å². The Labute approximate surface area is 123 Å². The number of fused-ring (bicyclic) bond motifs is 1. The molecular formula is C16H17NO4. The Morgan fingerprint density at radius 2 is 2.05 bits per heavy atom. The Morgan fingerprint density at radius 1 is 1.33 bits per heavy atom. The molecule has 0 aliphatic carbocycles. The monoisotopic (exact) mass is 287 g/mol. The average molecular weight is 287 g/mol. The molecule has 0 spiro atoms. The van der Waals surface area contributed by atoms with Crippen LogP contribution >= 0.6 is 0 Å². The van der Waals surface area contributed by atoms with Crippen molar-refractivity contribution in [1.29, 1.82) is 0 Å². The van der Waals surface area contributed by atoms with Gasteiger partial charge in [0.15, 0.2) is 0 Å². The van der Waals surface area contributed by atoms with Crippen molar-refractivity contribution in [2.24, 2.45) is 0 Å². The fourth-order valence-corrected chi connectivity index (χ4v) is 2.77. The van der Waals surface area contributed by atoms with Crippen LogP contribution in [0.3, 0.4) is 0 Å². The van der Waals surface area contributed by atoms with Gasteiger partial charge < -0.3 is 14.4 Å². The SMILES string of the molecule is CC1(C)OCC2C(OC(=O)c3ccccc3)C=CC(=O)N21. The third-order valence-corrected chi connectivity index (χ3v) is 3.82. The summed E-state index contributed by atoms with van der Waals surface area (Å²) in [5.74, 6) is -0.515. The van der Waals surface area contributed by atoms with Crippen LogP contribution in [0.1, 0.15) is 24.2 Å². The third kappa shape index (κ3) is 2.45. The van der Waals surface area contributed by atoms with Crippen LogP contribution in [0, 0.1) is 0 Å². The Kier molecular flexibility index (Phi) is 3.29. The number of rotatable bonds is 2. The largest absolute Gasteiger partial charge is 0.452 e. The van der Waals surface area contributed by atoms with Gasteiger partial charge in [0.2, 0.25) is 5.91 Å². The van der Waals surface area contributed by atoms with Gasteiger partial charge in [-0.25, -0.2) is 4.79 Å². The molecule has 2 unspecified atom stereocenters. The van der Waals surface area contributed by atoms with E-state index in [0.717, 1.165) is 0 Å². The van der Waals surface area contributed by atoms with Gasteiger partial charge in [0, 0.05) is 6.08 Å². The van der Waals surface area contributed by atoms with E-state index in [0.29, 0.717) is 12.2 Å². The molecule has 0 N–H and O–H groups in total. The van der Waals surface area contributed by atoms with Gasteiger partial charge in [-0.15, -0.1) is 0 Å². The number of esters is 1. The first kappa shape index (κ1) is 13.8. The van der Waals surface area contributed by atoms with Gasteiger partial charge in [0.1, 0.15) is 11.8 Å². The van der Waals surface area contributed by atoms with Crippen LogP contribution in [0.4, 0.5) is 0 Å². The van der Waals surface area contributed by atoms with E-state index < -0.39 is 17.8 Å². The van der Waals surface area contributed by atoms with Crippen LogP contribution in [0.5, 0.6) is 0 Å². The minimum absolute atomic E-state index is 0.116. The molecule has 2 aliphatic rings. The van der Waals surface area contributed by atoms with Crippen LogP contribution in [-0.2, 0) is 14.3 Å². The molecule has 110 valence electrons. The standard InChI is InChI=1S/C16H17NO4/c1-16(2)17-12(10-20-16)13(8-9-14(17)18)21-15(19)11-6-4-3-5-7-11/h3-9,12-13H,10H2,1-2H3. The summed E-state index contributed by atoms with van der Waals surface area (Å²) in [6.45, 7) is 4.02. The maximum atomic E-state index is 12.1. The number of carbonyl (C=O) groups is 2. The van der Waals surface area contributed by atoms with Crippen molar-refractivity contribution < 1.29 is 19.1 Å². The van der Waals surface area contributed by atoms with Crippen LogP contribution in [0.15, 0.2) is 42.5 Å². The topological polar surface area (TPSA) is 55.8 Å². The third-order valence-electron chi connectivity index (χ3n) is 3.82. The van der Waals surface area contributed by atoms with E-state index in [9.17, 15) is 9.59 Å². The van der Waals surface area contributed by atoms with Gasteiger partial charge in [-0.3, -0.25) is 4.79 Å². The lowest BCUT2D eigenvalue weighted by molar-refractivity contribution is -0.143. The highest BCUT2D eigenvalue weighted by atomic mass is 16.6. The van der Waals surface area contributed by atoms with Crippen molar-refractivity contribution >= 4 is 11.9 Å². The first-order valence-corrected chi connectivity index (χ1v) is 6.90. The van der Waals surface area contributed by atoms with E-state index in [1.807, 2.05) is 19.9 Å². The van der Waals surface area contributed by atoms with Crippen molar-refractivity contribution in [2.45, 2.75) is 31.7 Å². The molecule has 3 rings (SSSR count). The predicted molar refractivity (Wildman–Crippen MR) is 75.5 cm³/mol. The normalized spacial score (nSPS) is 26.6. The quantitative estimate of drug-likeness (QED) is 0.778. The minimum atomic E-state index is -0.677. The summed E-state index contributed by atoms with van der Waals surface area (Å²) < 4.78 is 11.2. The first-order valence-electron chi connectivity index (χ1n) is 6.90. The zero-order valence-electron chi connectivity index (χ0n) is 12.0. The Balaban J connectivity index is 1.79. The summed E-state index contributed by atoms with van der Waals surface area (Å²) in [4.78, 5) is 25.8. The fraction of sp³-hybridized carbons (Fsp3) is 0.375. The summed E-state index contributed by atoms with van der Waals surface area (Å²) in [5, 5.41) is 0. The van der Waals surface area contributed by atoms with Crippen molar-refractivity contribution in [3.63, 3.8) is 0 Å². The molecule has 2 atom stereocenters. The average Bonchev–Trinajstić information content (AvgIpc) is 2.80. The maximum Gasteiger partial charge on any atom is 0.338 e.